The third kappa shape index (κ3) is 4.82. The molecular weight excluding hydrogens is 314 g/mol. The van der Waals surface area contributed by atoms with Crippen LogP contribution < -0.4 is 10.6 Å². The summed E-state index contributed by atoms with van der Waals surface area (Å²) in [5.41, 5.74) is 2.29. The smallest absolute Gasteiger partial charge is 0.191 e. The molecule has 2 aromatic rings. The van der Waals surface area contributed by atoms with Crippen LogP contribution in [-0.2, 0) is 11.2 Å². The Hall–Kier alpha value is -2.34. The SMILES string of the molecule is CN=C(NCCc1ccc(-n2cccn2)cc1)NCC1(C)CCCO1. The summed E-state index contributed by atoms with van der Waals surface area (Å²) < 4.78 is 7.66. The quantitative estimate of drug-likeness (QED) is 0.624. The number of hydrogen-bond donors (Lipinski definition) is 2. The first kappa shape index (κ1) is 17.5. The molecular formula is C19H27N5O. The molecule has 0 spiro atoms. The van der Waals surface area contributed by atoms with Gasteiger partial charge in [-0.15, -0.1) is 0 Å². The fourth-order valence-corrected chi connectivity index (χ4v) is 3.03. The third-order valence-electron chi connectivity index (χ3n) is 4.57. The van der Waals surface area contributed by atoms with Crippen molar-refractivity contribution >= 4 is 5.96 Å². The average molecular weight is 341 g/mol. The summed E-state index contributed by atoms with van der Waals surface area (Å²) in [6, 6.07) is 10.4. The fraction of sp³-hybridized carbons (Fsp3) is 0.474. The van der Waals surface area contributed by atoms with Crippen molar-refractivity contribution in [1.82, 2.24) is 20.4 Å². The molecule has 1 unspecified atom stereocenters. The second-order valence-electron chi connectivity index (χ2n) is 6.62. The number of nitrogens with one attached hydrogen (secondary N) is 2. The Bertz CT molecular complexity index is 672. The van der Waals surface area contributed by atoms with Crippen molar-refractivity contribution in [2.24, 2.45) is 4.99 Å². The van der Waals surface area contributed by atoms with E-state index in [2.05, 4.69) is 51.9 Å². The molecule has 1 aliphatic rings. The third-order valence-corrected chi connectivity index (χ3v) is 4.57. The molecule has 0 aliphatic carbocycles. The molecule has 0 radical (unpaired) electrons. The van der Waals surface area contributed by atoms with Gasteiger partial charge in [-0.05, 0) is 49.9 Å². The highest BCUT2D eigenvalue weighted by Gasteiger charge is 2.29. The van der Waals surface area contributed by atoms with Crippen LogP contribution in [0.5, 0.6) is 0 Å². The standard InChI is InChI=1S/C19H27N5O/c1-19(10-3-14-25-19)15-22-18(20-2)21-12-9-16-5-7-17(8-6-16)24-13-4-11-23-24/h4-8,11,13H,3,9-10,12,14-15H2,1-2H3,(H2,20,21,22). The van der Waals surface area contributed by atoms with Gasteiger partial charge in [0.1, 0.15) is 0 Å². The number of aliphatic imine (C=N–C) groups is 1. The van der Waals surface area contributed by atoms with E-state index in [-0.39, 0.29) is 5.60 Å². The van der Waals surface area contributed by atoms with Crippen LogP contribution in [0.4, 0.5) is 0 Å². The Morgan fingerprint density at radius 3 is 2.80 bits per heavy atom. The molecule has 2 heterocycles. The number of ether oxygens (including phenoxy) is 1. The monoisotopic (exact) mass is 341 g/mol. The number of hydrogen-bond acceptors (Lipinski definition) is 3. The van der Waals surface area contributed by atoms with E-state index < -0.39 is 0 Å². The van der Waals surface area contributed by atoms with Crippen molar-refractivity contribution in [1.29, 1.82) is 0 Å². The van der Waals surface area contributed by atoms with E-state index in [9.17, 15) is 0 Å². The second-order valence-corrected chi connectivity index (χ2v) is 6.62. The van der Waals surface area contributed by atoms with E-state index in [4.69, 9.17) is 4.74 Å². The highest BCUT2D eigenvalue weighted by Crippen LogP contribution is 2.23. The Kier molecular flexibility index (Phi) is 5.71. The summed E-state index contributed by atoms with van der Waals surface area (Å²) in [6.07, 6.45) is 6.90. The van der Waals surface area contributed by atoms with Crippen LogP contribution in [0, 0.1) is 0 Å². The minimum absolute atomic E-state index is 0.0695. The molecule has 1 aromatic heterocycles. The number of aromatic nitrogens is 2. The van der Waals surface area contributed by atoms with Gasteiger partial charge in [-0.1, -0.05) is 12.1 Å². The molecule has 134 valence electrons. The first-order valence-electron chi connectivity index (χ1n) is 8.86. The largest absolute Gasteiger partial charge is 0.373 e. The summed E-state index contributed by atoms with van der Waals surface area (Å²) in [7, 11) is 1.80. The van der Waals surface area contributed by atoms with Gasteiger partial charge in [-0.2, -0.15) is 5.10 Å². The molecule has 3 rings (SSSR count). The minimum Gasteiger partial charge on any atom is -0.373 e. The van der Waals surface area contributed by atoms with Crippen LogP contribution in [0.3, 0.4) is 0 Å². The lowest BCUT2D eigenvalue weighted by Gasteiger charge is -2.24. The lowest BCUT2D eigenvalue weighted by molar-refractivity contribution is 0.0243. The maximum Gasteiger partial charge on any atom is 0.191 e. The Morgan fingerprint density at radius 2 is 2.16 bits per heavy atom. The van der Waals surface area contributed by atoms with E-state index in [1.165, 1.54) is 5.56 Å². The summed E-state index contributed by atoms with van der Waals surface area (Å²) in [5, 5.41) is 11.0. The van der Waals surface area contributed by atoms with Crippen molar-refractivity contribution in [3.8, 4) is 5.69 Å². The van der Waals surface area contributed by atoms with Crippen LogP contribution in [0.1, 0.15) is 25.3 Å². The molecule has 2 N–H and O–H groups in total. The number of benzene rings is 1. The van der Waals surface area contributed by atoms with Gasteiger partial charge in [0.2, 0.25) is 0 Å². The molecule has 25 heavy (non-hydrogen) atoms. The van der Waals surface area contributed by atoms with Gasteiger partial charge in [0.05, 0.1) is 11.3 Å². The molecule has 1 saturated heterocycles. The lowest BCUT2D eigenvalue weighted by Crippen LogP contribution is -2.45. The zero-order valence-corrected chi connectivity index (χ0v) is 15.0. The Balaban J connectivity index is 1.43. The van der Waals surface area contributed by atoms with Crippen molar-refractivity contribution in [2.75, 3.05) is 26.7 Å². The first-order valence-corrected chi connectivity index (χ1v) is 8.86. The average Bonchev–Trinajstić information content (AvgIpc) is 3.31. The molecule has 1 aliphatic heterocycles. The van der Waals surface area contributed by atoms with Crippen molar-refractivity contribution in [3.63, 3.8) is 0 Å². The van der Waals surface area contributed by atoms with Crippen molar-refractivity contribution < 1.29 is 4.74 Å². The van der Waals surface area contributed by atoms with Crippen molar-refractivity contribution in [2.45, 2.75) is 31.8 Å². The van der Waals surface area contributed by atoms with Crippen LogP contribution in [0.15, 0.2) is 47.7 Å². The van der Waals surface area contributed by atoms with Gasteiger partial charge in [-0.25, -0.2) is 4.68 Å². The molecule has 1 fully saturated rings. The van der Waals surface area contributed by atoms with Crippen LogP contribution in [-0.4, -0.2) is 48.1 Å². The maximum atomic E-state index is 5.80. The van der Waals surface area contributed by atoms with Gasteiger partial charge in [0.25, 0.3) is 0 Å². The van der Waals surface area contributed by atoms with Crippen LogP contribution in [0.25, 0.3) is 5.69 Å². The second kappa shape index (κ2) is 8.16. The predicted octanol–water partition coefficient (Wildman–Crippen LogP) is 2.15. The zero-order chi connectivity index (χ0) is 17.5. The molecule has 6 nitrogen and oxygen atoms in total. The van der Waals surface area contributed by atoms with E-state index in [0.29, 0.717) is 0 Å². The maximum absolute atomic E-state index is 5.80. The molecule has 0 saturated carbocycles. The van der Waals surface area contributed by atoms with E-state index in [0.717, 1.165) is 50.6 Å². The van der Waals surface area contributed by atoms with Crippen LogP contribution >= 0.6 is 0 Å². The summed E-state index contributed by atoms with van der Waals surface area (Å²) in [5.74, 6) is 0.824. The highest BCUT2D eigenvalue weighted by atomic mass is 16.5. The Labute approximate surface area is 149 Å². The van der Waals surface area contributed by atoms with Gasteiger partial charge in [-0.3, -0.25) is 4.99 Å². The van der Waals surface area contributed by atoms with Crippen LogP contribution in [0.2, 0.25) is 0 Å². The number of rotatable bonds is 6. The van der Waals surface area contributed by atoms with Gasteiger partial charge >= 0.3 is 0 Å². The van der Waals surface area contributed by atoms with Gasteiger partial charge < -0.3 is 15.4 Å². The molecule has 0 amide bonds. The van der Waals surface area contributed by atoms with Gasteiger partial charge in [0.15, 0.2) is 5.96 Å². The van der Waals surface area contributed by atoms with E-state index in [1.54, 1.807) is 13.2 Å². The number of guanidine groups is 1. The molecule has 1 atom stereocenters. The number of nitrogens with zero attached hydrogens (tertiary/aromatic N) is 3. The van der Waals surface area contributed by atoms with Crippen molar-refractivity contribution in [3.05, 3.63) is 48.3 Å². The summed E-state index contributed by atoms with van der Waals surface area (Å²) in [4.78, 5) is 4.29. The zero-order valence-electron chi connectivity index (χ0n) is 15.0. The fourth-order valence-electron chi connectivity index (χ4n) is 3.03. The topological polar surface area (TPSA) is 63.5 Å². The van der Waals surface area contributed by atoms with E-state index >= 15 is 0 Å². The minimum atomic E-state index is -0.0695. The first-order chi connectivity index (χ1) is 12.2. The molecule has 6 heteroatoms. The molecule has 0 bridgehead atoms. The van der Waals surface area contributed by atoms with Gasteiger partial charge in [0, 0.05) is 39.1 Å². The Morgan fingerprint density at radius 1 is 1.32 bits per heavy atom. The van der Waals surface area contributed by atoms with E-state index in [1.807, 2.05) is 16.9 Å². The normalized spacial score (nSPS) is 20.6. The lowest BCUT2D eigenvalue weighted by atomic mass is 10.0. The summed E-state index contributed by atoms with van der Waals surface area (Å²) in [6.45, 7) is 4.63. The predicted molar refractivity (Wildman–Crippen MR) is 100 cm³/mol. The summed E-state index contributed by atoms with van der Waals surface area (Å²) >= 11 is 0. The highest BCUT2D eigenvalue weighted by molar-refractivity contribution is 5.79. The molecule has 1 aromatic carbocycles.